The third kappa shape index (κ3) is 3.41. The number of fused-ring (bicyclic) bond motifs is 3. The van der Waals surface area contributed by atoms with Crippen molar-refractivity contribution >= 4 is 38.0 Å². The van der Waals surface area contributed by atoms with Crippen LogP contribution in [0.15, 0.2) is 44.3 Å². The second-order valence-corrected chi connectivity index (χ2v) is 10.9. The van der Waals surface area contributed by atoms with Crippen molar-refractivity contribution in [1.82, 2.24) is 0 Å². The molecule has 0 radical (unpaired) electrons. The lowest BCUT2D eigenvalue weighted by Gasteiger charge is -2.36. The lowest BCUT2D eigenvalue weighted by atomic mass is 9.69. The lowest BCUT2D eigenvalue weighted by Crippen LogP contribution is -2.28. The zero-order valence-corrected chi connectivity index (χ0v) is 17.5. The molecule has 0 saturated carbocycles. The summed E-state index contributed by atoms with van der Waals surface area (Å²) in [5.74, 6) is 1.67. The zero-order valence-electron chi connectivity index (χ0n) is 15.9. The maximum absolute atomic E-state index is 12.5. The first-order valence-electron chi connectivity index (χ1n) is 9.41. The van der Waals surface area contributed by atoms with E-state index in [0.29, 0.717) is 21.2 Å². The number of anilines is 1. The molecule has 4 nitrogen and oxygen atoms in total. The summed E-state index contributed by atoms with van der Waals surface area (Å²) in [5.41, 5.74) is 2.96. The summed E-state index contributed by atoms with van der Waals surface area (Å²) in [6, 6.07) is 8.92. The van der Waals surface area contributed by atoms with Crippen LogP contribution < -0.4 is 4.72 Å². The van der Waals surface area contributed by atoms with E-state index in [9.17, 15) is 8.42 Å². The minimum atomic E-state index is -3.54. The van der Waals surface area contributed by atoms with Crippen molar-refractivity contribution in [2.45, 2.75) is 50.7 Å². The summed E-state index contributed by atoms with van der Waals surface area (Å²) < 4.78 is 34.1. The molecule has 0 fully saturated rings. The molecular weight excluding hydrogens is 378 g/mol. The number of hydrogen-bond acceptors (Lipinski definition) is 4. The number of hydrogen-bond donors (Lipinski definition) is 1. The molecule has 0 saturated heterocycles. The number of nitrogens with one attached hydrogen (secondary N) is 1. The van der Waals surface area contributed by atoms with Gasteiger partial charge in [0.1, 0.15) is 15.6 Å². The van der Waals surface area contributed by atoms with Gasteiger partial charge in [-0.25, -0.2) is 8.42 Å². The molecule has 3 aromatic rings. The van der Waals surface area contributed by atoms with Crippen molar-refractivity contribution in [3.63, 3.8) is 0 Å². The predicted octanol–water partition coefficient (Wildman–Crippen LogP) is 5.84. The molecule has 1 aromatic carbocycles. The molecule has 27 heavy (non-hydrogen) atoms. The van der Waals surface area contributed by atoms with Crippen LogP contribution >= 0.6 is 11.3 Å². The highest BCUT2D eigenvalue weighted by Gasteiger charge is 2.33. The van der Waals surface area contributed by atoms with E-state index in [-0.39, 0.29) is 0 Å². The Bertz CT molecular complexity index is 1060. The van der Waals surface area contributed by atoms with Gasteiger partial charge in [0, 0.05) is 23.1 Å². The van der Waals surface area contributed by atoms with Crippen LogP contribution in [0, 0.1) is 11.3 Å². The summed E-state index contributed by atoms with van der Waals surface area (Å²) in [5, 5.41) is 2.80. The van der Waals surface area contributed by atoms with E-state index in [0.717, 1.165) is 42.4 Å². The Labute approximate surface area is 164 Å². The summed E-state index contributed by atoms with van der Waals surface area (Å²) in [7, 11) is -3.54. The van der Waals surface area contributed by atoms with Crippen LogP contribution in [-0.2, 0) is 22.9 Å². The van der Waals surface area contributed by atoms with Gasteiger partial charge in [-0.3, -0.25) is 4.72 Å². The fraction of sp³-hybridized carbons (Fsp3) is 0.429. The third-order valence-electron chi connectivity index (χ3n) is 6.07. The summed E-state index contributed by atoms with van der Waals surface area (Å²) >= 11 is 1.21. The molecule has 1 aliphatic rings. The smallest absolute Gasteiger partial charge is 0.271 e. The van der Waals surface area contributed by atoms with Gasteiger partial charge in [-0.2, -0.15) is 0 Å². The summed E-state index contributed by atoms with van der Waals surface area (Å²) in [6.07, 6.45) is 4.23. The predicted molar refractivity (Wildman–Crippen MR) is 111 cm³/mol. The molecule has 144 valence electrons. The van der Waals surface area contributed by atoms with E-state index in [2.05, 4.69) is 25.5 Å². The van der Waals surface area contributed by atoms with Gasteiger partial charge in [-0.05, 0) is 53.8 Å². The van der Waals surface area contributed by atoms with Gasteiger partial charge in [-0.1, -0.05) is 33.3 Å². The Morgan fingerprint density at radius 3 is 2.81 bits per heavy atom. The first kappa shape index (κ1) is 18.6. The number of benzene rings is 1. The molecule has 1 N–H and O–H groups in total. The maximum Gasteiger partial charge on any atom is 0.271 e. The third-order valence-corrected chi connectivity index (χ3v) is 8.85. The van der Waals surface area contributed by atoms with E-state index >= 15 is 0 Å². The van der Waals surface area contributed by atoms with Crippen LogP contribution in [0.3, 0.4) is 0 Å². The highest BCUT2D eigenvalue weighted by molar-refractivity contribution is 7.94. The monoisotopic (exact) mass is 403 g/mol. The highest BCUT2D eigenvalue weighted by atomic mass is 32.2. The topological polar surface area (TPSA) is 59.3 Å². The average Bonchev–Trinajstić information content (AvgIpc) is 3.29. The molecule has 2 aromatic heterocycles. The standard InChI is InChI=1S/C21H25NO3S2/c1-4-21(2,3)14-7-9-18-16(12-14)17-13-15(8-10-19(17)25-18)22-27(23,24)20-6-5-11-26-20/h5-6,8,10-11,13-14,22H,4,7,9,12H2,1-3H3/t14-/m0/s1. The van der Waals surface area contributed by atoms with Crippen LogP contribution in [0.1, 0.15) is 44.9 Å². The van der Waals surface area contributed by atoms with Crippen molar-refractivity contribution < 1.29 is 12.8 Å². The molecular formula is C21H25NO3S2. The van der Waals surface area contributed by atoms with E-state index in [1.165, 1.54) is 16.9 Å². The normalized spacial score (nSPS) is 17.8. The molecule has 1 atom stereocenters. The van der Waals surface area contributed by atoms with Crippen molar-refractivity contribution in [3.05, 3.63) is 47.0 Å². The molecule has 2 heterocycles. The Balaban J connectivity index is 1.68. The SMILES string of the molecule is CCC(C)(C)[C@H]1CCc2oc3ccc(NS(=O)(=O)c4cccs4)cc3c2C1. The van der Waals surface area contributed by atoms with Gasteiger partial charge in [0.05, 0.1) is 0 Å². The average molecular weight is 404 g/mol. The first-order chi connectivity index (χ1) is 12.8. The van der Waals surface area contributed by atoms with Crippen molar-refractivity contribution in [2.75, 3.05) is 4.72 Å². The molecule has 4 rings (SSSR count). The van der Waals surface area contributed by atoms with E-state index in [1.54, 1.807) is 23.6 Å². The van der Waals surface area contributed by atoms with Crippen LogP contribution in [0.5, 0.6) is 0 Å². The number of rotatable bonds is 5. The highest BCUT2D eigenvalue weighted by Crippen LogP contribution is 2.43. The molecule has 1 aliphatic carbocycles. The molecule has 6 heteroatoms. The Morgan fingerprint density at radius 2 is 2.11 bits per heavy atom. The first-order valence-corrected chi connectivity index (χ1v) is 11.8. The van der Waals surface area contributed by atoms with Gasteiger partial charge in [0.25, 0.3) is 10.0 Å². The molecule has 0 amide bonds. The Hall–Kier alpha value is -1.79. The van der Waals surface area contributed by atoms with E-state index < -0.39 is 10.0 Å². The van der Waals surface area contributed by atoms with Gasteiger partial charge in [-0.15, -0.1) is 11.3 Å². The van der Waals surface area contributed by atoms with Crippen molar-refractivity contribution in [3.8, 4) is 0 Å². The fourth-order valence-corrected chi connectivity index (χ4v) is 5.96. The van der Waals surface area contributed by atoms with E-state index in [1.807, 2.05) is 12.1 Å². The fourth-order valence-electron chi connectivity index (χ4n) is 3.92. The molecule has 0 aliphatic heterocycles. The van der Waals surface area contributed by atoms with Crippen LogP contribution in [0.2, 0.25) is 0 Å². The van der Waals surface area contributed by atoms with Crippen LogP contribution in [0.4, 0.5) is 5.69 Å². The largest absolute Gasteiger partial charge is 0.461 e. The lowest BCUT2D eigenvalue weighted by molar-refractivity contribution is 0.179. The molecule has 0 bridgehead atoms. The Morgan fingerprint density at radius 1 is 1.30 bits per heavy atom. The number of sulfonamides is 1. The van der Waals surface area contributed by atoms with Crippen LogP contribution in [0.25, 0.3) is 11.0 Å². The van der Waals surface area contributed by atoms with E-state index in [4.69, 9.17) is 4.42 Å². The second kappa shape index (κ2) is 6.67. The van der Waals surface area contributed by atoms with Crippen molar-refractivity contribution in [2.24, 2.45) is 11.3 Å². The van der Waals surface area contributed by atoms with Crippen LogP contribution in [-0.4, -0.2) is 8.42 Å². The summed E-state index contributed by atoms with van der Waals surface area (Å²) in [6.45, 7) is 6.93. The van der Waals surface area contributed by atoms with Gasteiger partial charge >= 0.3 is 0 Å². The minimum Gasteiger partial charge on any atom is -0.461 e. The van der Waals surface area contributed by atoms with Gasteiger partial charge in [0.15, 0.2) is 0 Å². The number of thiophene rings is 1. The zero-order chi connectivity index (χ0) is 19.2. The maximum atomic E-state index is 12.5. The molecule has 0 unspecified atom stereocenters. The van der Waals surface area contributed by atoms with Crippen molar-refractivity contribution in [1.29, 1.82) is 0 Å². The summed E-state index contributed by atoms with van der Waals surface area (Å²) in [4.78, 5) is 0. The number of aryl methyl sites for hydroxylation is 1. The second-order valence-electron chi connectivity index (χ2n) is 8.03. The molecule has 0 spiro atoms. The number of furan rings is 1. The van der Waals surface area contributed by atoms with Gasteiger partial charge in [0.2, 0.25) is 0 Å². The quantitative estimate of drug-likeness (QED) is 0.582. The minimum absolute atomic E-state index is 0.291. The van der Waals surface area contributed by atoms with Gasteiger partial charge < -0.3 is 4.42 Å². The Kier molecular flexibility index (Phi) is 4.59.